The number of fused-ring (bicyclic) bond motifs is 2. The van der Waals surface area contributed by atoms with Crippen LogP contribution in [-0.4, -0.2) is 100 Å². The van der Waals surface area contributed by atoms with Crippen LogP contribution in [0, 0.1) is 0 Å². The molecule has 0 saturated carbocycles. The first kappa shape index (κ1) is 46.1. The molecule has 0 aromatic carbocycles. The van der Waals surface area contributed by atoms with Gasteiger partial charge in [-0.25, -0.2) is 27.7 Å². The van der Waals surface area contributed by atoms with Crippen molar-refractivity contribution in [2.45, 2.75) is 69.0 Å². The van der Waals surface area contributed by atoms with Gasteiger partial charge in [-0.15, -0.1) is 0 Å². The summed E-state index contributed by atoms with van der Waals surface area (Å²) in [6.07, 6.45) is -13.4. The molecule has 334 valence electrons. The Morgan fingerprint density at radius 1 is 0.717 bits per heavy atom. The zero-order valence-corrected chi connectivity index (χ0v) is 34.6. The summed E-state index contributed by atoms with van der Waals surface area (Å²) in [5, 5.41) is 57.1. The molecular formula is C25H34N10O21P4-4. The van der Waals surface area contributed by atoms with Crippen LogP contribution in [0.15, 0.2) is 12.7 Å². The van der Waals surface area contributed by atoms with E-state index in [1.54, 1.807) is 0 Å². The van der Waals surface area contributed by atoms with Gasteiger partial charge in [0.05, 0.1) is 33.4 Å². The van der Waals surface area contributed by atoms with Crippen molar-refractivity contribution < 1.29 is 109 Å². The van der Waals surface area contributed by atoms with E-state index in [2.05, 4.69) is 37.6 Å². The Labute approximate surface area is 335 Å². The predicted molar refractivity (Wildman–Crippen MR) is 177 cm³/mol. The summed E-state index contributed by atoms with van der Waals surface area (Å²) in [6.45, 7) is -0.000986. The molecule has 2 fully saturated rings. The molecule has 4 aromatic heterocycles. The van der Waals surface area contributed by atoms with Crippen LogP contribution in [0.25, 0.3) is 22.3 Å². The molecular weight excluding hydrogens is 900 g/mol. The van der Waals surface area contributed by atoms with Crippen molar-refractivity contribution in [2.24, 2.45) is 14.1 Å². The lowest BCUT2D eigenvalue weighted by atomic mass is 10.1. The smallest absolute Gasteiger partial charge is 0.309 e. The third kappa shape index (κ3) is 9.79. The van der Waals surface area contributed by atoms with E-state index in [1.165, 1.54) is 43.4 Å². The monoisotopic (exact) mass is 934 g/mol. The number of aryl methyl sites for hydroxylation is 2. The minimum Gasteiger partial charge on any atom is -0.856 e. The molecule has 7 N–H and O–H groups in total. The second kappa shape index (κ2) is 16.7. The van der Waals surface area contributed by atoms with Gasteiger partial charge in [0.25, 0.3) is 43.2 Å². The van der Waals surface area contributed by atoms with Gasteiger partial charge in [0.1, 0.15) is 36.6 Å². The average molecular weight is 934 g/mol. The number of nitrogen functional groups attached to an aromatic ring is 2. The molecule has 0 bridgehead atoms. The number of nitrogens with zero attached hydrogens (tertiary/aromatic N) is 8. The van der Waals surface area contributed by atoms with Crippen molar-refractivity contribution >= 4 is 65.5 Å². The molecule has 2 aliphatic heterocycles. The molecule has 12 atom stereocenters. The number of imidazole rings is 2. The van der Waals surface area contributed by atoms with E-state index in [9.17, 15) is 63.4 Å². The Bertz CT molecular complexity index is 2470. The average Bonchev–Trinajstić information content (AvgIpc) is 3.78. The number of phosphoric ester groups is 3. The molecule has 2 aliphatic rings. The Morgan fingerprint density at radius 2 is 1.15 bits per heavy atom. The molecule has 35 heteroatoms. The van der Waals surface area contributed by atoms with Crippen LogP contribution in [0.5, 0.6) is 11.8 Å². The minimum atomic E-state index is -6.52. The van der Waals surface area contributed by atoms with E-state index in [1.807, 2.05) is 0 Å². The lowest BCUT2D eigenvalue weighted by molar-refractivity contribution is -0.746. The number of aliphatic hydroxyl groups is 3. The number of hydrogen-bond acceptors (Lipinski definition) is 27. The van der Waals surface area contributed by atoms with E-state index in [0.717, 1.165) is 15.5 Å². The zero-order valence-electron chi connectivity index (χ0n) is 31.0. The first-order valence-corrected chi connectivity index (χ1v) is 22.6. The van der Waals surface area contributed by atoms with Crippen LogP contribution in [0.3, 0.4) is 0 Å². The molecule has 0 spiro atoms. The largest absolute Gasteiger partial charge is 0.856 e. The summed E-state index contributed by atoms with van der Waals surface area (Å²) in [5.74, 6) is -2.60. The molecule has 6 heterocycles. The van der Waals surface area contributed by atoms with Crippen LogP contribution in [0.2, 0.25) is 0 Å². The molecule has 60 heavy (non-hydrogen) atoms. The zero-order chi connectivity index (χ0) is 44.4. The van der Waals surface area contributed by atoms with E-state index in [-0.39, 0.29) is 22.3 Å². The van der Waals surface area contributed by atoms with Crippen LogP contribution in [-0.2, 0) is 68.5 Å². The van der Waals surface area contributed by atoms with E-state index in [4.69, 9.17) is 30.0 Å². The molecule has 0 aliphatic carbocycles. The first-order chi connectivity index (χ1) is 27.7. The van der Waals surface area contributed by atoms with Gasteiger partial charge in [-0.2, -0.15) is 0 Å². The molecule has 31 nitrogen and oxygen atoms in total. The Morgan fingerprint density at radius 3 is 1.62 bits per heavy atom. The highest BCUT2D eigenvalue weighted by molar-refractivity contribution is 7.65. The summed E-state index contributed by atoms with van der Waals surface area (Å²) >= 11 is 0. The lowest BCUT2D eigenvalue weighted by Gasteiger charge is -2.35. The van der Waals surface area contributed by atoms with E-state index < -0.39 is 123 Å². The number of phosphoric acid groups is 4. The van der Waals surface area contributed by atoms with Crippen molar-refractivity contribution in [3.8, 4) is 11.8 Å². The van der Waals surface area contributed by atoms with Crippen LogP contribution in [0.1, 0.15) is 26.3 Å². The maximum atomic E-state index is 12.7. The summed E-state index contributed by atoms with van der Waals surface area (Å²) in [4.78, 5) is 65.1. The molecule has 6 rings (SSSR count). The fraction of sp³-hybridized carbons (Fsp3) is 0.600. The molecule has 0 amide bonds. The minimum absolute atomic E-state index is 0.0889. The summed E-state index contributed by atoms with van der Waals surface area (Å²) in [7, 11) is -21.4. The topological polar surface area (TPSA) is 462 Å². The number of ether oxygens (including phenoxy) is 2. The van der Waals surface area contributed by atoms with Gasteiger partial charge in [0, 0.05) is 11.8 Å². The van der Waals surface area contributed by atoms with Gasteiger partial charge in [-0.05, 0) is 13.8 Å². The second-order valence-corrected chi connectivity index (χ2v) is 19.1. The van der Waals surface area contributed by atoms with Crippen molar-refractivity contribution in [2.75, 3.05) is 24.7 Å². The summed E-state index contributed by atoms with van der Waals surface area (Å²) in [6, 6.07) is 0. The highest BCUT2D eigenvalue weighted by Crippen LogP contribution is 2.63. The van der Waals surface area contributed by atoms with Crippen LogP contribution in [0.4, 0.5) is 11.9 Å². The Hall–Kier alpha value is -3.38. The standard InChI is InChI=1S/C25H38N10O21P4/c1-9(2)53-59(45,46)54-17-11(52-23(16(17)38)35-8-33(4)13-19(35)29-25(27)31-21(13)40)6-50-58(43,44)56-60(47,48)55-57(41,42)49-5-10-14(36)15(37)22(51-10)34-7-32(3)12-18(34)28-24(26)30-20(12)39/h7-11,14-17,22-23,36-38H,5-6H2,1-4H3,(H8-2,26,27,28,29,30,31,39,40,41,42,43,44,45,46,47,48)/p-4/t10-,11-,14?,15?,16?,17+,22-,23-/m1/s1. The third-order valence-corrected chi connectivity index (χ3v) is 13.8. The third-order valence-electron chi connectivity index (χ3n) is 8.47. The van der Waals surface area contributed by atoms with Crippen LogP contribution < -0.4 is 50.4 Å². The molecule has 2 saturated heterocycles. The molecule has 0 radical (unpaired) electrons. The van der Waals surface area contributed by atoms with Gasteiger partial charge < -0.3 is 84.1 Å². The van der Waals surface area contributed by atoms with Crippen molar-refractivity contribution in [3.63, 3.8) is 0 Å². The molecule has 4 aromatic rings. The number of aromatic nitrogens is 8. The van der Waals surface area contributed by atoms with Crippen molar-refractivity contribution in [1.29, 1.82) is 0 Å². The van der Waals surface area contributed by atoms with Crippen molar-refractivity contribution in [3.05, 3.63) is 12.7 Å². The second-order valence-electron chi connectivity index (χ2n) is 13.3. The number of aliphatic hydroxyl groups excluding tert-OH is 3. The van der Waals surface area contributed by atoms with E-state index in [0.29, 0.717) is 0 Å². The quantitative estimate of drug-likeness (QED) is 0.0515. The van der Waals surface area contributed by atoms with E-state index >= 15 is 0 Å². The fourth-order valence-electron chi connectivity index (χ4n) is 6.20. The predicted octanol–water partition coefficient (Wildman–Crippen LogP) is -6.54. The number of rotatable bonds is 16. The fourth-order valence-corrected chi connectivity index (χ4v) is 10.7. The maximum absolute atomic E-state index is 12.7. The number of hydrogen-bond donors (Lipinski definition) is 5. The number of anilines is 2. The first-order valence-electron chi connectivity index (χ1n) is 16.8. The van der Waals surface area contributed by atoms with Gasteiger partial charge in [-0.3, -0.25) is 27.4 Å². The summed E-state index contributed by atoms with van der Waals surface area (Å²) < 4.78 is 92.3. The van der Waals surface area contributed by atoms with Gasteiger partial charge >= 0.3 is 11.3 Å². The summed E-state index contributed by atoms with van der Waals surface area (Å²) in [5.41, 5.74) is 10.5. The van der Waals surface area contributed by atoms with Crippen LogP contribution >= 0.6 is 31.3 Å². The van der Waals surface area contributed by atoms with Crippen molar-refractivity contribution in [1.82, 2.24) is 29.1 Å². The highest BCUT2D eigenvalue weighted by Gasteiger charge is 2.51. The van der Waals surface area contributed by atoms with Gasteiger partial charge in [0.15, 0.2) is 23.7 Å². The van der Waals surface area contributed by atoms with Gasteiger partial charge in [-0.1, -0.05) is 9.97 Å². The normalized spacial score (nSPS) is 28.9. The number of nitrogens with two attached hydrogens (primary N) is 2. The Kier molecular flexibility index (Phi) is 12.9. The highest BCUT2D eigenvalue weighted by atomic mass is 31.3. The lowest BCUT2D eigenvalue weighted by Crippen LogP contribution is -2.46. The Balaban J connectivity index is 1.12. The maximum Gasteiger partial charge on any atom is 0.309 e. The van der Waals surface area contributed by atoms with Gasteiger partial charge in [0.2, 0.25) is 12.5 Å². The SMILES string of the molecule is CC(C)OP(=O)([O-])O[C@@H]1C(O)[C@H]([n+]2cn(C)c3c([O-])nc(N)nc32)O[C@@H]1COP(=O)([O-])OP(=O)([O-])OP(=O)([O-])OC[C@H]1O[C@@H]([n+]2cn(C)c3c([O-])nc(N)nc32)C(O)C1O. The molecule has 7 unspecified atom stereocenters.